The molecule has 1 aromatic carbocycles. The van der Waals surface area contributed by atoms with Crippen LogP contribution in [-0.4, -0.2) is 61.1 Å². The number of esters is 3. The lowest BCUT2D eigenvalue weighted by Crippen LogP contribution is -2.67. The van der Waals surface area contributed by atoms with E-state index in [1.807, 2.05) is 0 Å². The molecule has 0 radical (unpaired) electrons. The van der Waals surface area contributed by atoms with Crippen LogP contribution in [0.2, 0.25) is 0 Å². The minimum absolute atomic E-state index is 0.204. The zero-order valence-corrected chi connectivity index (χ0v) is 20.4. The first kappa shape index (κ1) is 26.7. The SMILES string of the molecule is CC(=O)N[C@H]1[C@@H](Oc2ccc3c(C)cc(=O)oc3c2)O[C@@H](COC(C)=O)[C@@H](OC(C)=O)[C@H]1OC(C)=O. The third-order valence-electron chi connectivity index (χ3n) is 5.25. The van der Waals surface area contributed by atoms with E-state index in [-0.39, 0.29) is 17.9 Å². The molecule has 0 aliphatic carbocycles. The maximum atomic E-state index is 12.0. The highest BCUT2D eigenvalue weighted by molar-refractivity contribution is 5.81. The number of amides is 1. The molecule has 0 spiro atoms. The molecule has 1 aromatic heterocycles. The van der Waals surface area contributed by atoms with E-state index < -0.39 is 60.1 Å². The maximum Gasteiger partial charge on any atom is 0.336 e. The van der Waals surface area contributed by atoms with Gasteiger partial charge in [-0.2, -0.15) is 0 Å². The minimum Gasteiger partial charge on any atom is -0.463 e. The number of fused-ring (bicyclic) bond motifs is 1. The van der Waals surface area contributed by atoms with Crippen LogP contribution in [0, 0.1) is 6.92 Å². The Bertz CT molecular complexity index is 1220. The van der Waals surface area contributed by atoms with Crippen molar-refractivity contribution in [1.82, 2.24) is 5.32 Å². The summed E-state index contributed by atoms with van der Waals surface area (Å²) in [5, 5.41) is 3.30. The van der Waals surface area contributed by atoms with Crippen molar-refractivity contribution < 1.29 is 47.3 Å². The first-order valence-electron chi connectivity index (χ1n) is 11.1. The van der Waals surface area contributed by atoms with Gasteiger partial charge in [-0.1, -0.05) is 0 Å². The van der Waals surface area contributed by atoms with Gasteiger partial charge in [0, 0.05) is 45.2 Å². The number of carbonyl (C=O) groups excluding carboxylic acids is 4. The largest absolute Gasteiger partial charge is 0.463 e. The van der Waals surface area contributed by atoms with Crippen LogP contribution < -0.4 is 15.7 Å². The Labute approximate surface area is 205 Å². The zero-order valence-electron chi connectivity index (χ0n) is 20.4. The van der Waals surface area contributed by atoms with Gasteiger partial charge in [-0.15, -0.1) is 0 Å². The minimum atomic E-state index is -1.29. The number of nitrogens with one attached hydrogen (secondary N) is 1. The molecular weight excluding hydrogens is 478 g/mol. The van der Waals surface area contributed by atoms with E-state index in [9.17, 15) is 24.0 Å². The summed E-state index contributed by atoms with van der Waals surface area (Å²) in [7, 11) is 0. The molecule has 0 unspecified atom stereocenters. The predicted molar refractivity (Wildman–Crippen MR) is 122 cm³/mol. The van der Waals surface area contributed by atoms with Crippen LogP contribution in [0.1, 0.15) is 33.3 Å². The molecule has 1 N–H and O–H groups in total. The van der Waals surface area contributed by atoms with Crippen LogP contribution in [0.15, 0.2) is 33.5 Å². The third kappa shape index (κ3) is 6.60. The molecule has 12 heteroatoms. The van der Waals surface area contributed by atoms with Gasteiger partial charge >= 0.3 is 23.5 Å². The van der Waals surface area contributed by atoms with Gasteiger partial charge in [0.05, 0.1) is 0 Å². The highest BCUT2D eigenvalue weighted by Crippen LogP contribution is 2.30. The summed E-state index contributed by atoms with van der Waals surface area (Å²) in [5.41, 5.74) is 0.427. The molecule has 5 atom stereocenters. The molecule has 1 aliphatic rings. The van der Waals surface area contributed by atoms with Crippen LogP contribution in [0.25, 0.3) is 11.0 Å². The molecule has 1 aliphatic heterocycles. The lowest BCUT2D eigenvalue weighted by Gasteiger charge is -2.44. The van der Waals surface area contributed by atoms with E-state index >= 15 is 0 Å². The first-order valence-corrected chi connectivity index (χ1v) is 11.1. The van der Waals surface area contributed by atoms with Gasteiger partial charge in [0.2, 0.25) is 12.2 Å². The molecule has 0 saturated carbocycles. The number of aryl methyl sites for hydroxylation is 1. The molecule has 194 valence electrons. The molecule has 36 heavy (non-hydrogen) atoms. The van der Waals surface area contributed by atoms with E-state index in [4.69, 9.17) is 28.1 Å². The Balaban J connectivity index is 2.02. The second-order valence-corrected chi connectivity index (χ2v) is 8.24. The molecule has 1 fully saturated rings. The summed E-state index contributed by atoms with van der Waals surface area (Å²) < 4.78 is 33.1. The fraction of sp³-hybridized carbons (Fsp3) is 0.458. The van der Waals surface area contributed by atoms with E-state index in [0.717, 1.165) is 13.8 Å². The van der Waals surface area contributed by atoms with E-state index in [1.54, 1.807) is 19.1 Å². The Kier molecular flexibility index (Phi) is 8.30. The second-order valence-electron chi connectivity index (χ2n) is 8.24. The van der Waals surface area contributed by atoms with Gasteiger partial charge in [-0.25, -0.2) is 4.79 Å². The van der Waals surface area contributed by atoms with Gasteiger partial charge in [-0.3, -0.25) is 19.2 Å². The van der Waals surface area contributed by atoms with Crippen LogP contribution in [0.5, 0.6) is 5.75 Å². The number of hydrogen-bond acceptors (Lipinski definition) is 11. The summed E-state index contributed by atoms with van der Waals surface area (Å²) >= 11 is 0. The van der Waals surface area contributed by atoms with Crippen molar-refractivity contribution in [2.24, 2.45) is 0 Å². The number of rotatable bonds is 7. The molecule has 1 saturated heterocycles. The highest BCUT2D eigenvalue weighted by Gasteiger charge is 2.52. The molecule has 3 rings (SSSR count). The first-order chi connectivity index (χ1) is 16.9. The molecule has 2 aromatic rings. The summed E-state index contributed by atoms with van der Waals surface area (Å²) in [6, 6.07) is 4.98. The monoisotopic (exact) mass is 505 g/mol. The number of hydrogen-bond donors (Lipinski definition) is 1. The summed E-state index contributed by atoms with van der Waals surface area (Å²) in [5.74, 6) is -2.35. The Morgan fingerprint density at radius 1 is 0.944 bits per heavy atom. The number of benzene rings is 1. The maximum absolute atomic E-state index is 12.0. The van der Waals surface area contributed by atoms with Crippen LogP contribution in [0.4, 0.5) is 0 Å². The molecule has 12 nitrogen and oxygen atoms in total. The normalized spacial score (nSPS) is 23.4. The zero-order chi connectivity index (χ0) is 26.6. The Hall–Kier alpha value is -3.93. The van der Waals surface area contributed by atoms with Crippen molar-refractivity contribution in [2.45, 2.75) is 65.3 Å². The van der Waals surface area contributed by atoms with Crippen LogP contribution >= 0.6 is 0 Å². The third-order valence-corrected chi connectivity index (χ3v) is 5.25. The highest BCUT2D eigenvalue weighted by atomic mass is 16.7. The van der Waals surface area contributed by atoms with E-state index in [1.165, 1.54) is 26.0 Å². The second kappa shape index (κ2) is 11.2. The lowest BCUT2D eigenvalue weighted by molar-refractivity contribution is -0.257. The van der Waals surface area contributed by atoms with Gasteiger partial charge < -0.3 is 33.4 Å². The Morgan fingerprint density at radius 2 is 1.61 bits per heavy atom. The Morgan fingerprint density at radius 3 is 2.22 bits per heavy atom. The van der Waals surface area contributed by atoms with Gasteiger partial charge in [0.25, 0.3) is 0 Å². The fourth-order valence-electron chi connectivity index (χ4n) is 3.90. The van der Waals surface area contributed by atoms with Crippen LogP contribution in [0.3, 0.4) is 0 Å². The van der Waals surface area contributed by atoms with Crippen molar-refractivity contribution in [3.63, 3.8) is 0 Å². The quantitative estimate of drug-likeness (QED) is 0.327. The standard InChI is InChI=1S/C24H27NO11/c1-11-8-20(30)35-18-9-16(6-7-17(11)18)34-24-21(25-12(2)26)23(33-15(5)29)22(32-14(4)28)19(36-24)10-31-13(3)27/h6-9,19,21-24H,10H2,1-5H3,(H,25,26)/t19-,21+,22+,23-,24-/m0/s1. The van der Waals surface area contributed by atoms with Gasteiger partial charge in [-0.05, 0) is 24.6 Å². The molecular formula is C24H27NO11. The summed E-state index contributed by atoms with van der Waals surface area (Å²) in [6.07, 6.45) is -4.90. The summed E-state index contributed by atoms with van der Waals surface area (Å²) in [4.78, 5) is 59.0. The summed E-state index contributed by atoms with van der Waals surface area (Å²) in [6.45, 7) is 6.12. The van der Waals surface area contributed by atoms with E-state index in [0.29, 0.717) is 10.9 Å². The predicted octanol–water partition coefficient (Wildman–Crippen LogP) is 1.14. The van der Waals surface area contributed by atoms with Gasteiger partial charge in [0.15, 0.2) is 12.2 Å². The van der Waals surface area contributed by atoms with Crippen molar-refractivity contribution in [3.8, 4) is 5.75 Å². The van der Waals surface area contributed by atoms with Crippen LogP contribution in [-0.2, 0) is 38.1 Å². The topological polar surface area (TPSA) is 157 Å². The number of ether oxygens (including phenoxy) is 5. The lowest BCUT2D eigenvalue weighted by atomic mass is 9.96. The van der Waals surface area contributed by atoms with Crippen molar-refractivity contribution in [3.05, 3.63) is 40.2 Å². The van der Waals surface area contributed by atoms with Crippen molar-refractivity contribution in [1.29, 1.82) is 0 Å². The van der Waals surface area contributed by atoms with Crippen molar-refractivity contribution in [2.75, 3.05) is 6.61 Å². The van der Waals surface area contributed by atoms with Gasteiger partial charge in [0.1, 0.15) is 30.1 Å². The number of carbonyl (C=O) groups is 4. The molecule has 1 amide bonds. The van der Waals surface area contributed by atoms with Crippen molar-refractivity contribution >= 4 is 34.8 Å². The molecule has 2 heterocycles. The molecule has 0 bridgehead atoms. The smallest absolute Gasteiger partial charge is 0.336 e. The fourth-order valence-corrected chi connectivity index (χ4v) is 3.90. The average Bonchev–Trinajstić information content (AvgIpc) is 2.75. The average molecular weight is 505 g/mol. The van der Waals surface area contributed by atoms with E-state index in [2.05, 4.69) is 5.32 Å².